The van der Waals surface area contributed by atoms with Crippen LogP contribution in [-0.4, -0.2) is 4.98 Å². The van der Waals surface area contributed by atoms with E-state index in [2.05, 4.69) is 77.1 Å². The highest BCUT2D eigenvalue weighted by Gasteiger charge is 2.33. The molecule has 1 aliphatic rings. The number of aromatic nitrogens is 1. The Bertz CT molecular complexity index is 826. The van der Waals surface area contributed by atoms with Crippen molar-refractivity contribution >= 4 is 5.70 Å². The number of hydrogen-bond acceptors (Lipinski definition) is 2. The van der Waals surface area contributed by atoms with Crippen molar-refractivity contribution in [3.05, 3.63) is 120 Å². The first-order chi connectivity index (χ1) is 11.9. The van der Waals surface area contributed by atoms with E-state index in [0.717, 1.165) is 11.4 Å². The van der Waals surface area contributed by atoms with Crippen LogP contribution in [0.3, 0.4) is 0 Å². The summed E-state index contributed by atoms with van der Waals surface area (Å²) in [6, 6.07) is 27.0. The number of nitrogens with one attached hydrogen (secondary N) is 1. The second-order valence-electron chi connectivity index (χ2n) is 5.82. The summed E-state index contributed by atoms with van der Waals surface area (Å²) in [5, 5.41) is 3.73. The molecule has 0 bridgehead atoms. The Balaban J connectivity index is 1.85. The number of dihydropyridines is 1. The SMILES string of the molecule is C1=CC(c2ccccc2)(c2ccccc2)NC(c2ccccn2)=C1. The van der Waals surface area contributed by atoms with Crippen molar-refractivity contribution in [2.75, 3.05) is 0 Å². The van der Waals surface area contributed by atoms with Gasteiger partial charge in [0.25, 0.3) is 0 Å². The highest BCUT2D eigenvalue weighted by molar-refractivity contribution is 5.68. The van der Waals surface area contributed by atoms with Gasteiger partial charge in [0.15, 0.2) is 0 Å². The highest BCUT2D eigenvalue weighted by Crippen LogP contribution is 2.35. The molecule has 3 aromatic rings. The Labute approximate surface area is 142 Å². The fourth-order valence-electron chi connectivity index (χ4n) is 3.16. The third-order valence-electron chi connectivity index (χ3n) is 4.34. The molecule has 0 radical (unpaired) electrons. The molecule has 0 spiro atoms. The van der Waals surface area contributed by atoms with Crippen molar-refractivity contribution in [3.8, 4) is 0 Å². The molecule has 0 saturated heterocycles. The van der Waals surface area contributed by atoms with Crippen LogP contribution in [-0.2, 0) is 5.54 Å². The van der Waals surface area contributed by atoms with E-state index >= 15 is 0 Å². The maximum Gasteiger partial charge on any atom is 0.107 e. The van der Waals surface area contributed by atoms with Crippen molar-refractivity contribution in [1.29, 1.82) is 0 Å². The van der Waals surface area contributed by atoms with E-state index in [1.54, 1.807) is 0 Å². The number of pyridine rings is 1. The average Bonchev–Trinajstić information content (AvgIpc) is 2.70. The topological polar surface area (TPSA) is 24.9 Å². The van der Waals surface area contributed by atoms with Gasteiger partial charge >= 0.3 is 0 Å². The van der Waals surface area contributed by atoms with Crippen LogP contribution in [0.25, 0.3) is 5.70 Å². The van der Waals surface area contributed by atoms with E-state index in [1.165, 1.54) is 11.1 Å². The van der Waals surface area contributed by atoms with Crippen molar-refractivity contribution in [1.82, 2.24) is 10.3 Å². The van der Waals surface area contributed by atoms with Crippen LogP contribution in [0.2, 0.25) is 0 Å². The highest BCUT2D eigenvalue weighted by atomic mass is 15.0. The molecule has 0 atom stereocenters. The van der Waals surface area contributed by atoms with Gasteiger partial charge < -0.3 is 5.32 Å². The molecule has 2 nitrogen and oxygen atoms in total. The number of nitrogens with zero attached hydrogens (tertiary/aromatic N) is 1. The van der Waals surface area contributed by atoms with Crippen LogP contribution in [0.4, 0.5) is 0 Å². The smallest absolute Gasteiger partial charge is 0.107 e. The van der Waals surface area contributed by atoms with Crippen LogP contribution in [0.5, 0.6) is 0 Å². The summed E-state index contributed by atoms with van der Waals surface area (Å²) >= 11 is 0. The monoisotopic (exact) mass is 310 g/mol. The molecule has 1 aliphatic heterocycles. The predicted molar refractivity (Wildman–Crippen MR) is 98.2 cm³/mol. The fourth-order valence-corrected chi connectivity index (χ4v) is 3.16. The third kappa shape index (κ3) is 2.52. The first kappa shape index (κ1) is 14.5. The van der Waals surface area contributed by atoms with Gasteiger partial charge in [0, 0.05) is 6.20 Å². The molecule has 116 valence electrons. The number of benzene rings is 2. The van der Waals surface area contributed by atoms with Gasteiger partial charge in [0.05, 0.1) is 11.4 Å². The van der Waals surface area contributed by atoms with E-state index < -0.39 is 5.54 Å². The molecule has 0 aliphatic carbocycles. The molecule has 1 aromatic heterocycles. The first-order valence-corrected chi connectivity index (χ1v) is 8.09. The van der Waals surface area contributed by atoms with Crippen molar-refractivity contribution in [2.24, 2.45) is 0 Å². The maximum absolute atomic E-state index is 4.49. The fraction of sp³-hybridized carbons (Fsp3) is 0.0455. The summed E-state index contributed by atoms with van der Waals surface area (Å²) < 4.78 is 0. The van der Waals surface area contributed by atoms with E-state index in [9.17, 15) is 0 Å². The Hall–Kier alpha value is -3.13. The van der Waals surface area contributed by atoms with Crippen LogP contribution < -0.4 is 5.32 Å². The van der Waals surface area contributed by atoms with E-state index in [0.29, 0.717) is 0 Å². The van der Waals surface area contributed by atoms with Gasteiger partial charge in [-0.15, -0.1) is 0 Å². The lowest BCUT2D eigenvalue weighted by Gasteiger charge is -2.37. The summed E-state index contributed by atoms with van der Waals surface area (Å²) in [6.07, 6.45) is 8.22. The van der Waals surface area contributed by atoms with Gasteiger partial charge in [-0.1, -0.05) is 78.9 Å². The molecule has 0 fully saturated rings. The summed E-state index contributed by atoms with van der Waals surface area (Å²) in [5.41, 5.74) is 3.97. The van der Waals surface area contributed by atoms with Gasteiger partial charge in [-0.05, 0) is 29.3 Å². The molecular weight excluding hydrogens is 292 g/mol. The maximum atomic E-state index is 4.49. The Morgan fingerprint density at radius 3 is 1.92 bits per heavy atom. The molecule has 0 unspecified atom stereocenters. The molecule has 0 amide bonds. The molecule has 2 heteroatoms. The quantitative estimate of drug-likeness (QED) is 0.769. The molecule has 2 aromatic carbocycles. The zero-order valence-corrected chi connectivity index (χ0v) is 13.3. The van der Waals surface area contributed by atoms with Gasteiger partial charge in [0.1, 0.15) is 5.54 Å². The molecule has 2 heterocycles. The molecular formula is C22H18N2. The van der Waals surface area contributed by atoms with Crippen LogP contribution >= 0.6 is 0 Å². The predicted octanol–water partition coefficient (Wildman–Crippen LogP) is 4.53. The van der Waals surface area contributed by atoms with Gasteiger partial charge in [-0.3, -0.25) is 4.98 Å². The largest absolute Gasteiger partial charge is 0.367 e. The van der Waals surface area contributed by atoms with E-state index in [-0.39, 0.29) is 0 Å². The summed E-state index contributed by atoms with van der Waals surface area (Å²) in [6.45, 7) is 0. The standard InChI is InChI=1S/C22H18N2/c1-3-10-18(11-4-1)22(19-12-5-2-6-13-19)16-9-15-21(24-22)20-14-7-8-17-23-20/h1-17,24H. The molecule has 0 saturated carbocycles. The first-order valence-electron chi connectivity index (χ1n) is 8.09. The summed E-state index contributed by atoms with van der Waals surface area (Å²) in [5.74, 6) is 0. The second kappa shape index (κ2) is 6.17. The van der Waals surface area contributed by atoms with E-state index in [1.807, 2.05) is 36.5 Å². The Morgan fingerprint density at radius 2 is 1.33 bits per heavy atom. The zero-order valence-electron chi connectivity index (χ0n) is 13.3. The Kier molecular flexibility index (Phi) is 3.72. The minimum absolute atomic E-state index is 0.399. The lowest BCUT2D eigenvalue weighted by Crippen LogP contribution is -2.42. The van der Waals surface area contributed by atoms with Crippen molar-refractivity contribution in [3.63, 3.8) is 0 Å². The lowest BCUT2D eigenvalue weighted by molar-refractivity contribution is 0.578. The van der Waals surface area contributed by atoms with Crippen LogP contribution in [0.15, 0.2) is 103 Å². The van der Waals surface area contributed by atoms with Gasteiger partial charge in [0.2, 0.25) is 0 Å². The average molecular weight is 310 g/mol. The molecule has 24 heavy (non-hydrogen) atoms. The zero-order chi connectivity index (χ0) is 16.2. The lowest BCUT2D eigenvalue weighted by atomic mass is 9.80. The number of hydrogen-bond donors (Lipinski definition) is 1. The minimum Gasteiger partial charge on any atom is -0.367 e. The summed E-state index contributed by atoms with van der Waals surface area (Å²) in [4.78, 5) is 4.49. The second-order valence-corrected chi connectivity index (χ2v) is 5.82. The van der Waals surface area contributed by atoms with Gasteiger partial charge in [-0.25, -0.2) is 0 Å². The van der Waals surface area contributed by atoms with Crippen molar-refractivity contribution in [2.45, 2.75) is 5.54 Å². The number of allylic oxidation sites excluding steroid dienone is 2. The van der Waals surface area contributed by atoms with Gasteiger partial charge in [-0.2, -0.15) is 0 Å². The van der Waals surface area contributed by atoms with E-state index in [4.69, 9.17) is 0 Å². The third-order valence-corrected chi connectivity index (χ3v) is 4.34. The van der Waals surface area contributed by atoms with Crippen molar-refractivity contribution < 1.29 is 0 Å². The Morgan fingerprint density at radius 1 is 0.708 bits per heavy atom. The summed E-state index contributed by atoms with van der Waals surface area (Å²) in [7, 11) is 0. The minimum atomic E-state index is -0.399. The normalized spacial score (nSPS) is 15.4. The van der Waals surface area contributed by atoms with Crippen LogP contribution in [0.1, 0.15) is 16.8 Å². The molecule has 4 rings (SSSR count). The number of rotatable bonds is 3. The molecule has 1 N–H and O–H groups in total. The van der Waals surface area contributed by atoms with Crippen LogP contribution in [0, 0.1) is 0 Å².